The molecule has 0 N–H and O–H groups in total. The van der Waals surface area contributed by atoms with Gasteiger partial charge in [0.05, 0.1) is 0 Å². The molecule has 0 aromatic heterocycles. The van der Waals surface area contributed by atoms with Crippen LogP contribution in [0, 0.1) is 0 Å². The van der Waals surface area contributed by atoms with E-state index in [-0.39, 0.29) is 5.78 Å². The monoisotopic (exact) mass is 187 g/mol. The molecule has 2 nitrogen and oxygen atoms in total. The molecular weight excluding hydrogens is 174 g/mol. The molecule has 2 rings (SSSR count). The molecule has 0 bridgehead atoms. The van der Waals surface area contributed by atoms with Crippen molar-refractivity contribution in [2.45, 2.75) is 6.92 Å². The summed E-state index contributed by atoms with van der Waals surface area (Å²) in [5.74, 6) is 0.121. The molecule has 0 unspecified atom stereocenters. The standard InChI is InChI=1S/C12H13NO/c1-9(14)11-6-5-10-4-3-7-13(2)12(10)8-11/h3-6,8H,7H2,1-2H3. The fourth-order valence-corrected chi connectivity index (χ4v) is 1.67. The maximum Gasteiger partial charge on any atom is 0.159 e. The minimum atomic E-state index is 0.121. The topological polar surface area (TPSA) is 20.3 Å². The van der Waals surface area contributed by atoms with E-state index in [4.69, 9.17) is 0 Å². The van der Waals surface area contributed by atoms with Crippen molar-refractivity contribution in [3.8, 4) is 0 Å². The summed E-state index contributed by atoms with van der Waals surface area (Å²) in [4.78, 5) is 13.3. The van der Waals surface area contributed by atoms with Gasteiger partial charge in [0.1, 0.15) is 0 Å². The maximum absolute atomic E-state index is 11.2. The van der Waals surface area contributed by atoms with Gasteiger partial charge in [-0.3, -0.25) is 4.79 Å². The third-order valence-corrected chi connectivity index (χ3v) is 2.52. The van der Waals surface area contributed by atoms with Gasteiger partial charge < -0.3 is 4.90 Å². The normalized spacial score (nSPS) is 14.0. The molecule has 0 saturated heterocycles. The van der Waals surface area contributed by atoms with E-state index in [1.165, 1.54) is 5.56 Å². The second-order valence-electron chi connectivity index (χ2n) is 3.61. The van der Waals surface area contributed by atoms with E-state index in [1.807, 2.05) is 25.2 Å². The van der Waals surface area contributed by atoms with Crippen LogP contribution in [0.25, 0.3) is 6.08 Å². The van der Waals surface area contributed by atoms with E-state index >= 15 is 0 Å². The largest absolute Gasteiger partial charge is 0.370 e. The first kappa shape index (κ1) is 9.00. The number of carbonyl (C=O) groups excluding carboxylic acids is 1. The molecule has 0 atom stereocenters. The van der Waals surface area contributed by atoms with E-state index in [0.717, 1.165) is 17.8 Å². The summed E-state index contributed by atoms with van der Waals surface area (Å²) < 4.78 is 0. The Morgan fingerprint density at radius 3 is 2.93 bits per heavy atom. The van der Waals surface area contributed by atoms with Gasteiger partial charge in [-0.2, -0.15) is 0 Å². The molecule has 1 aliphatic heterocycles. The quantitative estimate of drug-likeness (QED) is 0.629. The lowest BCUT2D eigenvalue weighted by Gasteiger charge is -2.23. The van der Waals surface area contributed by atoms with Gasteiger partial charge in [0.15, 0.2) is 5.78 Å². The molecule has 1 aromatic carbocycles. The van der Waals surface area contributed by atoms with Crippen LogP contribution in [0.4, 0.5) is 5.69 Å². The van der Waals surface area contributed by atoms with E-state index in [9.17, 15) is 4.79 Å². The molecule has 2 heteroatoms. The Labute approximate surface area is 83.8 Å². The zero-order valence-electron chi connectivity index (χ0n) is 8.45. The number of carbonyl (C=O) groups is 1. The molecule has 72 valence electrons. The van der Waals surface area contributed by atoms with E-state index in [0.29, 0.717) is 0 Å². The summed E-state index contributed by atoms with van der Waals surface area (Å²) in [6.07, 6.45) is 4.22. The van der Waals surface area contributed by atoms with Crippen molar-refractivity contribution >= 4 is 17.5 Å². The van der Waals surface area contributed by atoms with Gasteiger partial charge in [-0.15, -0.1) is 0 Å². The van der Waals surface area contributed by atoms with Crippen molar-refractivity contribution in [1.29, 1.82) is 0 Å². The lowest BCUT2D eigenvalue weighted by atomic mass is 10.0. The molecule has 0 aliphatic carbocycles. The van der Waals surface area contributed by atoms with Crippen LogP contribution in [-0.2, 0) is 0 Å². The summed E-state index contributed by atoms with van der Waals surface area (Å²) >= 11 is 0. The lowest BCUT2D eigenvalue weighted by molar-refractivity contribution is 0.101. The van der Waals surface area contributed by atoms with Gasteiger partial charge in [0, 0.05) is 24.8 Å². The number of hydrogen-bond acceptors (Lipinski definition) is 2. The average Bonchev–Trinajstić information content (AvgIpc) is 2.18. The van der Waals surface area contributed by atoms with Crippen molar-refractivity contribution in [2.75, 3.05) is 18.5 Å². The van der Waals surface area contributed by atoms with Crippen molar-refractivity contribution < 1.29 is 4.79 Å². The predicted octanol–water partition coefficient (Wildman–Crippen LogP) is 2.35. The van der Waals surface area contributed by atoms with Gasteiger partial charge >= 0.3 is 0 Å². The first-order valence-corrected chi connectivity index (χ1v) is 4.71. The van der Waals surface area contributed by atoms with E-state index in [2.05, 4.69) is 17.1 Å². The molecule has 0 saturated carbocycles. The molecule has 0 radical (unpaired) electrons. The van der Waals surface area contributed by atoms with Crippen molar-refractivity contribution in [3.05, 3.63) is 35.4 Å². The van der Waals surface area contributed by atoms with Gasteiger partial charge in [-0.1, -0.05) is 24.3 Å². The van der Waals surface area contributed by atoms with Crippen molar-refractivity contribution in [3.63, 3.8) is 0 Å². The highest BCUT2D eigenvalue weighted by Crippen LogP contribution is 2.25. The third kappa shape index (κ3) is 1.43. The van der Waals surface area contributed by atoms with Crippen LogP contribution in [0.1, 0.15) is 22.8 Å². The average molecular weight is 187 g/mol. The smallest absolute Gasteiger partial charge is 0.159 e. The molecule has 1 heterocycles. The first-order valence-electron chi connectivity index (χ1n) is 4.71. The Kier molecular flexibility index (Phi) is 2.12. The van der Waals surface area contributed by atoms with Crippen LogP contribution >= 0.6 is 0 Å². The fourth-order valence-electron chi connectivity index (χ4n) is 1.67. The fraction of sp³-hybridized carbons (Fsp3) is 0.250. The van der Waals surface area contributed by atoms with Gasteiger partial charge in [0.2, 0.25) is 0 Å². The second-order valence-corrected chi connectivity index (χ2v) is 3.61. The van der Waals surface area contributed by atoms with Crippen LogP contribution in [0.3, 0.4) is 0 Å². The Balaban J connectivity index is 2.52. The second kappa shape index (κ2) is 3.29. The summed E-state index contributed by atoms with van der Waals surface area (Å²) in [5, 5.41) is 0. The number of benzene rings is 1. The summed E-state index contributed by atoms with van der Waals surface area (Å²) in [6, 6.07) is 5.84. The highest BCUT2D eigenvalue weighted by Gasteiger charge is 2.10. The van der Waals surface area contributed by atoms with Crippen LogP contribution in [0.15, 0.2) is 24.3 Å². The molecule has 1 aromatic rings. The summed E-state index contributed by atoms with van der Waals surface area (Å²) in [6.45, 7) is 2.51. The maximum atomic E-state index is 11.2. The van der Waals surface area contributed by atoms with Gasteiger partial charge in [0.25, 0.3) is 0 Å². The predicted molar refractivity (Wildman–Crippen MR) is 58.8 cm³/mol. The number of ketones is 1. The highest BCUT2D eigenvalue weighted by atomic mass is 16.1. The SMILES string of the molecule is CC(=O)c1ccc2c(c1)N(C)CC=C2. The Morgan fingerprint density at radius 2 is 2.21 bits per heavy atom. The Hall–Kier alpha value is -1.57. The van der Waals surface area contributed by atoms with Crippen LogP contribution < -0.4 is 4.90 Å². The number of Topliss-reactive ketones (excluding diaryl/α,β-unsaturated/α-hetero) is 1. The number of nitrogens with zero attached hydrogens (tertiary/aromatic N) is 1. The minimum absolute atomic E-state index is 0.121. The minimum Gasteiger partial charge on any atom is -0.370 e. The van der Waals surface area contributed by atoms with Crippen LogP contribution in [0.2, 0.25) is 0 Å². The molecule has 1 aliphatic rings. The Bertz CT molecular complexity index is 407. The number of rotatable bonds is 1. The van der Waals surface area contributed by atoms with E-state index in [1.54, 1.807) is 6.92 Å². The van der Waals surface area contributed by atoms with Crippen LogP contribution in [0.5, 0.6) is 0 Å². The molecular formula is C12H13NO. The third-order valence-electron chi connectivity index (χ3n) is 2.52. The lowest BCUT2D eigenvalue weighted by Crippen LogP contribution is -2.20. The number of fused-ring (bicyclic) bond motifs is 1. The number of anilines is 1. The van der Waals surface area contributed by atoms with Gasteiger partial charge in [-0.05, 0) is 18.6 Å². The van der Waals surface area contributed by atoms with Crippen molar-refractivity contribution in [1.82, 2.24) is 0 Å². The summed E-state index contributed by atoms with van der Waals surface area (Å²) in [7, 11) is 2.03. The van der Waals surface area contributed by atoms with Gasteiger partial charge in [-0.25, -0.2) is 0 Å². The zero-order valence-corrected chi connectivity index (χ0v) is 8.45. The van der Waals surface area contributed by atoms with Crippen LogP contribution in [-0.4, -0.2) is 19.4 Å². The molecule has 0 spiro atoms. The number of hydrogen-bond donors (Lipinski definition) is 0. The molecule has 0 amide bonds. The molecule has 14 heavy (non-hydrogen) atoms. The first-order chi connectivity index (χ1) is 6.68. The molecule has 0 fully saturated rings. The zero-order chi connectivity index (χ0) is 10.1. The number of likely N-dealkylation sites (N-methyl/N-ethyl adjacent to an activating group) is 1. The highest BCUT2D eigenvalue weighted by molar-refractivity contribution is 5.96. The summed E-state index contributed by atoms with van der Waals surface area (Å²) in [5.41, 5.74) is 3.11. The van der Waals surface area contributed by atoms with Crippen molar-refractivity contribution in [2.24, 2.45) is 0 Å². The van der Waals surface area contributed by atoms with E-state index < -0.39 is 0 Å². The Morgan fingerprint density at radius 1 is 1.43 bits per heavy atom.